The number of amides is 3. The lowest BCUT2D eigenvalue weighted by molar-refractivity contribution is -0.180. The van der Waals surface area contributed by atoms with E-state index in [-0.39, 0.29) is 18.2 Å². The van der Waals surface area contributed by atoms with Crippen molar-refractivity contribution in [2.75, 3.05) is 36.9 Å². The van der Waals surface area contributed by atoms with Gasteiger partial charge >= 0.3 is 12.1 Å². The standard InChI is InChI=1S/C38H49N3O6/c1-27-13-11-14-28(2)35(27)40-36(42)39-32-17-12-16-29(23-32)15-7-10-22-44-21-9-6-5-8-20-41-25-34(46-37(41)43)30-18-19-33-31(24-30)26-45-38(3,4)47-33/h11-14,16-19,23-24,34H,5-10,15,20-22,25-26H2,1-4H3,(H2,39,40,42)/t34-/m0/s1. The summed E-state index contributed by atoms with van der Waals surface area (Å²) in [5.41, 5.74) is 6.86. The summed E-state index contributed by atoms with van der Waals surface area (Å²) in [6.07, 6.45) is 6.53. The molecule has 1 saturated heterocycles. The number of para-hydroxylation sites is 1. The van der Waals surface area contributed by atoms with Crippen LogP contribution in [0.2, 0.25) is 0 Å². The molecule has 0 radical (unpaired) electrons. The molecule has 252 valence electrons. The molecule has 3 aromatic rings. The van der Waals surface area contributed by atoms with Crippen LogP contribution in [0.5, 0.6) is 5.75 Å². The Morgan fingerprint density at radius 2 is 1.66 bits per heavy atom. The van der Waals surface area contributed by atoms with E-state index in [1.807, 2.05) is 87.2 Å². The largest absolute Gasteiger partial charge is 0.463 e. The molecule has 3 aromatic carbocycles. The average Bonchev–Trinajstić information content (AvgIpc) is 3.41. The van der Waals surface area contributed by atoms with Crippen LogP contribution >= 0.6 is 0 Å². The van der Waals surface area contributed by atoms with E-state index in [0.29, 0.717) is 19.7 Å². The Bertz CT molecular complexity index is 1500. The van der Waals surface area contributed by atoms with Gasteiger partial charge in [-0.1, -0.05) is 49.2 Å². The molecule has 1 fully saturated rings. The number of carbonyl (C=O) groups is 2. The second-order valence-electron chi connectivity index (χ2n) is 13.0. The van der Waals surface area contributed by atoms with E-state index in [9.17, 15) is 9.59 Å². The third-order valence-corrected chi connectivity index (χ3v) is 8.65. The Morgan fingerprint density at radius 3 is 2.47 bits per heavy atom. The summed E-state index contributed by atoms with van der Waals surface area (Å²) in [7, 11) is 0. The van der Waals surface area contributed by atoms with E-state index >= 15 is 0 Å². The Hall–Kier alpha value is -4.08. The van der Waals surface area contributed by atoms with Crippen LogP contribution in [-0.2, 0) is 27.2 Å². The number of nitrogens with one attached hydrogen (secondary N) is 2. The molecule has 1 atom stereocenters. The molecule has 0 spiro atoms. The van der Waals surface area contributed by atoms with Crippen LogP contribution in [-0.4, -0.2) is 49.1 Å². The number of hydrogen-bond acceptors (Lipinski definition) is 6. The third kappa shape index (κ3) is 9.95. The van der Waals surface area contributed by atoms with Gasteiger partial charge in [0.15, 0.2) is 0 Å². The predicted octanol–water partition coefficient (Wildman–Crippen LogP) is 8.69. The second kappa shape index (κ2) is 16.2. The van der Waals surface area contributed by atoms with E-state index < -0.39 is 5.79 Å². The monoisotopic (exact) mass is 643 g/mol. The zero-order chi connectivity index (χ0) is 33.2. The van der Waals surface area contributed by atoms with Gasteiger partial charge in [-0.05, 0) is 92.5 Å². The smallest absolute Gasteiger partial charge is 0.410 e. The third-order valence-electron chi connectivity index (χ3n) is 8.65. The van der Waals surface area contributed by atoms with E-state index in [4.69, 9.17) is 18.9 Å². The highest BCUT2D eigenvalue weighted by atomic mass is 16.7. The highest BCUT2D eigenvalue weighted by Crippen LogP contribution is 2.35. The van der Waals surface area contributed by atoms with Gasteiger partial charge in [-0.25, -0.2) is 9.59 Å². The van der Waals surface area contributed by atoms with Crippen molar-refractivity contribution in [1.29, 1.82) is 0 Å². The number of cyclic esters (lactones) is 1. The Morgan fingerprint density at radius 1 is 0.915 bits per heavy atom. The molecule has 0 aromatic heterocycles. The fourth-order valence-corrected chi connectivity index (χ4v) is 6.01. The van der Waals surface area contributed by atoms with Gasteiger partial charge < -0.3 is 34.5 Å². The predicted molar refractivity (Wildman–Crippen MR) is 184 cm³/mol. The van der Waals surface area contributed by atoms with Crippen LogP contribution < -0.4 is 15.4 Å². The van der Waals surface area contributed by atoms with Gasteiger partial charge in [0.2, 0.25) is 5.79 Å². The molecule has 2 N–H and O–H groups in total. The minimum absolute atomic E-state index is 0.238. The Balaban J connectivity index is 0.896. The van der Waals surface area contributed by atoms with Crippen molar-refractivity contribution in [3.05, 3.63) is 88.5 Å². The molecular weight excluding hydrogens is 594 g/mol. The van der Waals surface area contributed by atoms with Gasteiger partial charge in [0.1, 0.15) is 11.9 Å². The van der Waals surface area contributed by atoms with E-state index in [0.717, 1.165) is 97.5 Å². The van der Waals surface area contributed by atoms with Gasteiger partial charge in [-0.15, -0.1) is 0 Å². The SMILES string of the molecule is Cc1cccc(C)c1NC(=O)Nc1cccc(CCCCOCCCCCCN2C[C@@H](c3ccc4c(c3)COC(C)(C)O4)OC2=O)c1. The molecule has 2 aliphatic heterocycles. The normalized spacial score (nSPS) is 16.7. The molecule has 2 heterocycles. The zero-order valence-corrected chi connectivity index (χ0v) is 28.2. The summed E-state index contributed by atoms with van der Waals surface area (Å²) in [6.45, 7) is 11.0. The molecule has 0 saturated carbocycles. The first-order valence-corrected chi connectivity index (χ1v) is 16.9. The van der Waals surface area contributed by atoms with Crippen LogP contribution in [0.3, 0.4) is 0 Å². The van der Waals surface area contributed by atoms with Crippen LogP contribution in [0, 0.1) is 13.8 Å². The maximum Gasteiger partial charge on any atom is 0.410 e. The first-order valence-electron chi connectivity index (χ1n) is 16.9. The van der Waals surface area contributed by atoms with Crippen molar-refractivity contribution in [2.45, 2.75) is 91.1 Å². The number of benzene rings is 3. The molecule has 5 rings (SSSR count). The van der Waals surface area contributed by atoms with Gasteiger partial charge in [0, 0.05) is 50.5 Å². The minimum Gasteiger partial charge on any atom is -0.463 e. The van der Waals surface area contributed by atoms with Crippen molar-refractivity contribution in [1.82, 2.24) is 4.90 Å². The summed E-state index contributed by atoms with van der Waals surface area (Å²) in [4.78, 5) is 26.8. The van der Waals surface area contributed by atoms with E-state index in [2.05, 4.69) is 16.7 Å². The number of hydrogen-bond donors (Lipinski definition) is 2. The van der Waals surface area contributed by atoms with Crippen LogP contribution in [0.4, 0.5) is 21.0 Å². The molecular formula is C38H49N3O6. The van der Waals surface area contributed by atoms with Gasteiger partial charge in [-0.3, -0.25) is 0 Å². The molecule has 2 aliphatic rings. The Labute approximate surface area is 278 Å². The molecule has 9 heteroatoms. The Kier molecular flexibility index (Phi) is 11.8. The summed E-state index contributed by atoms with van der Waals surface area (Å²) >= 11 is 0. The van der Waals surface area contributed by atoms with Gasteiger partial charge in [0.25, 0.3) is 0 Å². The number of unbranched alkanes of at least 4 members (excludes halogenated alkanes) is 4. The lowest BCUT2D eigenvalue weighted by Crippen LogP contribution is -2.35. The summed E-state index contributed by atoms with van der Waals surface area (Å²) in [5.74, 6) is 0.192. The fourth-order valence-electron chi connectivity index (χ4n) is 6.01. The summed E-state index contributed by atoms with van der Waals surface area (Å²) in [6, 6.07) is 19.7. The number of carbonyl (C=O) groups excluding carboxylic acids is 2. The van der Waals surface area contributed by atoms with Gasteiger partial charge in [-0.2, -0.15) is 0 Å². The van der Waals surface area contributed by atoms with Crippen molar-refractivity contribution in [3.63, 3.8) is 0 Å². The zero-order valence-electron chi connectivity index (χ0n) is 28.2. The molecule has 47 heavy (non-hydrogen) atoms. The fraction of sp³-hybridized carbons (Fsp3) is 0.474. The molecule has 3 amide bonds. The van der Waals surface area contributed by atoms with E-state index in [1.54, 1.807) is 0 Å². The number of ether oxygens (including phenoxy) is 4. The molecule has 0 bridgehead atoms. The molecule has 9 nitrogen and oxygen atoms in total. The van der Waals surface area contributed by atoms with Crippen molar-refractivity contribution in [2.24, 2.45) is 0 Å². The average molecular weight is 644 g/mol. The summed E-state index contributed by atoms with van der Waals surface area (Å²) < 4.78 is 23.2. The number of aryl methyl sites for hydroxylation is 3. The first kappa shape index (κ1) is 34.3. The molecule has 0 unspecified atom stereocenters. The second-order valence-corrected chi connectivity index (χ2v) is 13.0. The van der Waals surface area contributed by atoms with Crippen molar-refractivity contribution < 1.29 is 28.5 Å². The number of fused-ring (bicyclic) bond motifs is 1. The highest BCUT2D eigenvalue weighted by Gasteiger charge is 2.33. The van der Waals surface area contributed by atoms with Crippen molar-refractivity contribution in [3.8, 4) is 5.75 Å². The lowest BCUT2D eigenvalue weighted by atomic mass is 10.0. The molecule has 0 aliphatic carbocycles. The van der Waals surface area contributed by atoms with Crippen molar-refractivity contribution >= 4 is 23.5 Å². The topological polar surface area (TPSA) is 98.4 Å². The summed E-state index contributed by atoms with van der Waals surface area (Å²) in [5, 5.41) is 5.93. The van der Waals surface area contributed by atoms with Gasteiger partial charge in [0.05, 0.1) is 13.2 Å². The highest BCUT2D eigenvalue weighted by molar-refractivity contribution is 6.00. The number of nitrogens with zero attached hydrogens (tertiary/aromatic N) is 1. The minimum atomic E-state index is -0.630. The maximum atomic E-state index is 12.6. The van der Waals surface area contributed by atoms with Crippen LogP contribution in [0.25, 0.3) is 0 Å². The quantitative estimate of drug-likeness (QED) is 0.161. The maximum absolute atomic E-state index is 12.6. The van der Waals surface area contributed by atoms with Crippen LogP contribution in [0.15, 0.2) is 60.7 Å². The lowest BCUT2D eigenvalue weighted by Gasteiger charge is -2.32. The van der Waals surface area contributed by atoms with E-state index in [1.165, 1.54) is 5.56 Å². The number of anilines is 2. The first-order chi connectivity index (χ1) is 22.7. The number of rotatable bonds is 15. The van der Waals surface area contributed by atoms with Crippen LogP contribution in [0.1, 0.15) is 86.3 Å². The number of urea groups is 1.